The van der Waals surface area contributed by atoms with E-state index in [1.165, 1.54) is 33.6 Å². The van der Waals surface area contributed by atoms with Crippen LogP contribution in [0.2, 0.25) is 0 Å². The van der Waals surface area contributed by atoms with Crippen molar-refractivity contribution in [2.75, 3.05) is 43.9 Å². The van der Waals surface area contributed by atoms with Crippen LogP contribution in [0.1, 0.15) is 22.3 Å². The van der Waals surface area contributed by atoms with Gasteiger partial charge in [0.1, 0.15) is 0 Å². The Labute approximate surface area is 190 Å². The number of benzene rings is 2. The summed E-state index contributed by atoms with van der Waals surface area (Å²) >= 11 is 0. The zero-order valence-corrected chi connectivity index (χ0v) is 20.7. The minimum absolute atomic E-state index is 0. The number of likely N-dealkylation sites (N-methyl/N-ethyl adjacent to an activating group) is 1. The molecule has 3 nitrogen and oxygen atoms in total. The van der Waals surface area contributed by atoms with Gasteiger partial charge in [-0.25, -0.2) is 0 Å². The molecule has 0 aromatic heterocycles. The predicted octanol–water partition coefficient (Wildman–Crippen LogP) is -1.62. The molecule has 0 fully saturated rings. The molecule has 2 aromatic carbocycles. The molecule has 0 aliphatic carbocycles. The summed E-state index contributed by atoms with van der Waals surface area (Å²) in [4.78, 5) is 2.36. The molecule has 0 unspecified atom stereocenters. The Morgan fingerprint density at radius 1 is 0.667 bits per heavy atom. The molecule has 0 aliphatic rings. The molecule has 2 N–H and O–H groups in total. The smallest absolute Gasteiger partial charge is 1.00 e. The van der Waals surface area contributed by atoms with Gasteiger partial charge in [0.05, 0.1) is 0 Å². The molecule has 6 heteroatoms. The molecule has 0 saturated heterocycles. The van der Waals surface area contributed by atoms with Crippen LogP contribution in [0.3, 0.4) is 0 Å². The van der Waals surface area contributed by atoms with Crippen molar-refractivity contribution >= 4 is 11.4 Å². The van der Waals surface area contributed by atoms with Crippen molar-refractivity contribution in [2.24, 2.45) is 0 Å². The van der Waals surface area contributed by atoms with Gasteiger partial charge in [-0.3, -0.25) is 0 Å². The third-order valence-corrected chi connectivity index (χ3v) is 4.55. The molecule has 0 amide bonds. The van der Waals surface area contributed by atoms with E-state index in [0.29, 0.717) is 0 Å². The van der Waals surface area contributed by atoms with Gasteiger partial charge in [-0.1, -0.05) is 36.4 Å². The standard InChI is InChI=1S/C21H31N3.2ClH.Ir/c1-16-8-6-9-17(2)20(16)22-12-14-24(5)15-13-23-21-18(3)10-7-11-19(21)4;;;/h6-11,22-23H,12-15H2,1-5H3;2*1H;/q;;;+2/p-2. The van der Waals surface area contributed by atoms with Crippen LogP contribution in [0, 0.1) is 27.7 Å². The third-order valence-electron chi connectivity index (χ3n) is 4.55. The second-order valence-electron chi connectivity index (χ2n) is 6.69. The van der Waals surface area contributed by atoms with Gasteiger partial charge in [-0.2, -0.15) is 0 Å². The summed E-state index contributed by atoms with van der Waals surface area (Å²) in [5.74, 6) is 0. The maximum Gasteiger partial charge on any atom is 2.00 e. The van der Waals surface area contributed by atoms with Gasteiger partial charge in [-0.05, 0) is 57.0 Å². The number of aryl methyl sites for hydroxylation is 4. The zero-order valence-electron chi connectivity index (χ0n) is 16.8. The minimum Gasteiger partial charge on any atom is -1.00 e. The van der Waals surface area contributed by atoms with Gasteiger partial charge in [0, 0.05) is 37.6 Å². The molecular weight excluding hydrogens is 557 g/mol. The van der Waals surface area contributed by atoms with Gasteiger partial charge in [0.15, 0.2) is 0 Å². The molecule has 2 aromatic rings. The maximum atomic E-state index is 3.58. The molecule has 0 spiro atoms. The fourth-order valence-corrected chi connectivity index (χ4v) is 3.04. The minimum atomic E-state index is 0. The van der Waals surface area contributed by atoms with Gasteiger partial charge >= 0.3 is 20.1 Å². The van der Waals surface area contributed by atoms with E-state index < -0.39 is 0 Å². The van der Waals surface area contributed by atoms with E-state index in [-0.39, 0.29) is 44.9 Å². The summed E-state index contributed by atoms with van der Waals surface area (Å²) in [5.41, 5.74) is 7.81. The predicted molar refractivity (Wildman–Crippen MR) is 106 cm³/mol. The molecule has 0 heterocycles. The summed E-state index contributed by atoms with van der Waals surface area (Å²) in [6.07, 6.45) is 0. The van der Waals surface area contributed by atoms with Crippen LogP contribution < -0.4 is 35.4 Å². The monoisotopic (exact) mass is 588 g/mol. The average molecular weight is 589 g/mol. The second kappa shape index (κ2) is 14.3. The Balaban J connectivity index is 0. The quantitative estimate of drug-likeness (QED) is 0.389. The average Bonchev–Trinajstić information content (AvgIpc) is 2.53. The van der Waals surface area contributed by atoms with Crippen LogP contribution in [0.4, 0.5) is 11.4 Å². The van der Waals surface area contributed by atoms with Gasteiger partial charge in [-0.15, -0.1) is 0 Å². The number of rotatable bonds is 8. The molecule has 2 rings (SSSR count). The fourth-order valence-electron chi connectivity index (χ4n) is 3.04. The molecule has 27 heavy (non-hydrogen) atoms. The first-order valence-corrected chi connectivity index (χ1v) is 8.77. The molecular formula is C21H31Cl2IrN3. The second-order valence-corrected chi connectivity index (χ2v) is 6.69. The van der Waals surface area contributed by atoms with Crippen molar-refractivity contribution < 1.29 is 44.9 Å². The van der Waals surface area contributed by atoms with Gasteiger partial charge in [0.2, 0.25) is 0 Å². The van der Waals surface area contributed by atoms with Gasteiger partial charge in [0.25, 0.3) is 0 Å². The first-order valence-electron chi connectivity index (χ1n) is 8.77. The molecule has 0 saturated carbocycles. The van der Waals surface area contributed by atoms with E-state index in [9.17, 15) is 0 Å². The molecule has 1 radical (unpaired) electrons. The largest absolute Gasteiger partial charge is 2.00 e. The number of para-hydroxylation sites is 2. The number of hydrogen-bond donors (Lipinski definition) is 2. The van der Waals surface area contributed by atoms with Crippen molar-refractivity contribution in [1.82, 2.24) is 4.90 Å². The van der Waals surface area contributed by atoms with E-state index >= 15 is 0 Å². The summed E-state index contributed by atoms with van der Waals surface area (Å²) in [7, 11) is 2.18. The van der Waals surface area contributed by atoms with Crippen molar-refractivity contribution in [2.45, 2.75) is 27.7 Å². The Hall–Kier alpha value is -0.771. The Kier molecular flexibility index (Phi) is 15.0. The Morgan fingerprint density at radius 2 is 0.963 bits per heavy atom. The molecule has 0 atom stereocenters. The number of hydrogen-bond acceptors (Lipinski definition) is 3. The number of nitrogens with zero attached hydrogens (tertiary/aromatic N) is 1. The van der Waals surface area contributed by atoms with Crippen molar-refractivity contribution in [1.29, 1.82) is 0 Å². The zero-order chi connectivity index (χ0) is 17.5. The van der Waals surface area contributed by atoms with E-state index in [0.717, 1.165) is 26.2 Å². The Morgan fingerprint density at radius 3 is 1.26 bits per heavy atom. The number of nitrogens with one attached hydrogen (secondary N) is 2. The Bertz CT molecular complexity index is 582. The van der Waals surface area contributed by atoms with E-state index in [1.54, 1.807) is 0 Å². The van der Waals surface area contributed by atoms with Crippen LogP contribution in [-0.2, 0) is 20.1 Å². The first-order chi connectivity index (χ1) is 11.5. The van der Waals surface area contributed by atoms with Gasteiger partial charge < -0.3 is 40.3 Å². The van der Waals surface area contributed by atoms with E-state index in [1.807, 2.05) is 0 Å². The fraction of sp³-hybridized carbons (Fsp3) is 0.429. The van der Waals surface area contributed by atoms with Crippen LogP contribution in [0.5, 0.6) is 0 Å². The van der Waals surface area contributed by atoms with Crippen LogP contribution in [-0.4, -0.2) is 38.1 Å². The molecule has 153 valence electrons. The first kappa shape index (κ1) is 28.4. The number of anilines is 2. The molecule has 0 aliphatic heterocycles. The van der Waals surface area contributed by atoms with Crippen molar-refractivity contribution in [3.05, 3.63) is 58.7 Å². The SMILES string of the molecule is Cc1cccc(C)c1NCCN(C)CCNc1c(C)cccc1C.[Cl-].[Cl-].[Ir+2]. The summed E-state index contributed by atoms with van der Waals surface area (Å²) in [6, 6.07) is 12.9. The van der Waals surface area contributed by atoms with E-state index in [2.05, 4.69) is 86.7 Å². The van der Waals surface area contributed by atoms with Crippen LogP contribution in [0.15, 0.2) is 36.4 Å². The van der Waals surface area contributed by atoms with E-state index in [4.69, 9.17) is 0 Å². The topological polar surface area (TPSA) is 27.3 Å². The molecule has 0 bridgehead atoms. The van der Waals surface area contributed by atoms with Crippen LogP contribution >= 0.6 is 0 Å². The maximum absolute atomic E-state index is 3.58. The summed E-state index contributed by atoms with van der Waals surface area (Å²) < 4.78 is 0. The van der Waals surface area contributed by atoms with Crippen LogP contribution in [0.25, 0.3) is 0 Å². The van der Waals surface area contributed by atoms with Crippen molar-refractivity contribution in [3.63, 3.8) is 0 Å². The van der Waals surface area contributed by atoms with Crippen molar-refractivity contribution in [3.8, 4) is 0 Å². The third kappa shape index (κ3) is 8.85. The number of halogens is 2. The summed E-state index contributed by atoms with van der Waals surface area (Å²) in [6.45, 7) is 12.6. The summed E-state index contributed by atoms with van der Waals surface area (Å²) in [5, 5.41) is 7.15. The normalized spacial score (nSPS) is 9.70.